The van der Waals surface area contributed by atoms with Gasteiger partial charge in [0.1, 0.15) is 17.2 Å². The van der Waals surface area contributed by atoms with Gasteiger partial charge in [-0.25, -0.2) is 0 Å². The van der Waals surface area contributed by atoms with Crippen LogP contribution >= 0.6 is 0 Å². The first kappa shape index (κ1) is 25.7. The van der Waals surface area contributed by atoms with Crippen LogP contribution in [0.25, 0.3) is 88.1 Å². The molecule has 10 rings (SSSR count). The predicted molar refractivity (Wildman–Crippen MR) is 193 cm³/mol. The van der Waals surface area contributed by atoms with E-state index in [0.717, 1.165) is 77.3 Å². The molecule has 10 aromatic rings. The normalized spacial score (nSPS) is 11.8. The Morgan fingerprint density at radius 2 is 1.06 bits per heavy atom. The van der Waals surface area contributed by atoms with Gasteiger partial charge in [-0.05, 0) is 60.2 Å². The van der Waals surface area contributed by atoms with Gasteiger partial charge in [-0.15, -0.1) is 0 Å². The maximum Gasteiger partial charge on any atom is 0.137 e. The van der Waals surface area contributed by atoms with Crippen LogP contribution in [0.15, 0.2) is 156 Å². The standard InChI is InChI=1S/C43H25N3O/c44-26-28-25-27(29-11-1-6-16-36(29)45-37-17-7-2-12-30(37)31-13-3-8-18-38(31)45)21-23-35(28)46-39-19-9-4-14-32(39)33-22-24-41-42(43(33)46)34-15-5-10-20-40(34)47-41/h1-25H. The van der Waals surface area contributed by atoms with Crippen LogP contribution in [0, 0.1) is 11.3 Å². The maximum atomic E-state index is 10.7. The first-order valence-electron chi connectivity index (χ1n) is 15.8. The van der Waals surface area contributed by atoms with Gasteiger partial charge in [0.2, 0.25) is 0 Å². The number of para-hydroxylation sites is 5. The van der Waals surface area contributed by atoms with Crippen LogP contribution < -0.4 is 0 Å². The molecule has 0 spiro atoms. The molecule has 0 amide bonds. The molecule has 7 aromatic carbocycles. The molecule has 0 bridgehead atoms. The number of fused-ring (bicyclic) bond motifs is 10. The van der Waals surface area contributed by atoms with Crippen LogP contribution in [0.2, 0.25) is 0 Å². The monoisotopic (exact) mass is 599 g/mol. The molecule has 0 aliphatic heterocycles. The molecule has 0 radical (unpaired) electrons. The Morgan fingerprint density at radius 1 is 0.468 bits per heavy atom. The zero-order valence-corrected chi connectivity index (χ0v) is 25.2. The van der Waals surface area contributed by atoms with E-state index in [4.69, 9.17) is 4.42 Å². The second-order valence-corrected chi connectivity index (χ2v) is 12.0. The van der Waals surface area contributed by atoms with Gasteiger partial charge in [-0.3, -0.25) is 0 Å². The minimum atomic E-state index is 0.604. The molecule has 47 heavy (non-hydrogen) atoms. The molecule has 0 saturated carbocycles. The van der Waals surface area contributed by atoms with Crippen molar-refractivity contribution in [1.29, 1.82) is 5.26 Å². The van der Waals surface area contributed by atoms with Crippen LogP contribution in [0.3, 0.4) is 0 Å². The highest BCUT2D eigenvalue weighted by molar-refractivity contribution is 6.24. The summed E-state index contributed by atoms with van der Waals surface area (Å²) in [4.78, 5) is 0. The Bertz CT molecular complexity index is 2880. The SMILES string of the molecule is N#Cc1cc(-c2ccccc2-n2c3ccccc3c3ccccc32)ccc1-n1c2ccccc2c2ccc3oc4ccccc4c3c21. The van der Waals surface area contributed by atoms with Crippen LogP contribution in [0.4, 0.5) is 0 Å². The van der Waals surface area contributed by atoms with Gasteiger partial charge < -0.3 is 13.6 Å². The molecule has 0 saturated heterocycles. The summed E-state index contributed by atoms with van der Waals surface area (Å²) in [6.45, 7) is 0. The summed E-state index contributed by atoms with van der Waals surface area (Å²) in [6.07, 6.45) is 0. The van der Waals surface area contributed by atoms with E-state index in [1.165, 1.54) is 10.8 Å². The van der Waals surface area contributed by atoms with Crippen molar-refractivity contribution in [2.45, 2.75) is 0 Å². The van der Waals surface area contributed by atoms with E-state index >= 15 is 0 Å². The smallest absolute Gasteiger partial charge is 0.137 e. The second-order valence-electron chi connectivity index (χ2n) is 12.0. The Hall–Kier alpha value is -6.57. The molecule has 0 fully saturated rings. The number of furan rings is 1. The number of rotatable bonds is 3. The van der Waals surface area contributed by atoms with E-state index in [0.29, 0.717) is 5.56 Å². The second kappa shape index (κ2) is 9.71. The van der Waals surface area contributed by atoms with Crippen LogP contribution in [0.1, 0.15) is 5.56 Å². The largest absolute Gasteiger partial charge is 0.456 e. The van der Waals surface area contributed by atoms with Gasteiger partial charge >= 0.3 is 0 Å². The molecular weight excluding hydrogens is 574 g/mol. The maximum absolute atomic E-state index is 10.7. The van der Waals surface area contributed by atoms with E-state index in [1.54, 1.807) is 0 Å². The zero-order valence-electron chi connectivity index (χ0n) is 25.2. The lowest BCUT2D eigenvalue weighted by molar-refractivity contribution is 0.669. The van der Waals surface area contributed by atoms with Crippen molar-refractivity contribution < 1.29 is 4.42 Å². The van der Waals surface area contributed by atoms with E-state index in [2.05, 4.69) is 143 Å². The van der Waals surface area contributed by atoms with E-state index < -0.39 is 0 Å². The molecule has 0 atom stereocenters. The van der Waals surface area contributed by atoms with Crippen LogP contribution in [-0.2, 0) is 0 Å². The van der Waals surface area contributed by atoms with Gasteiger partial charge in [-0.1, -0.05) is 97.1 Å². The van der Waals surface area contributed by atoms with Crippen molar-refractivity contribution in [2.75, 3.05) is 0 Å². The summed E-state index contributed by atoms with van der Waals surface area (Å²) in [5.41, 5.74) is 10.7. The molecule has 0 unspecified atom stereocenters. The lowest BCUT2D eigenvalue weighted by Crippen LogP contribution is -2.00. The summed E-state index contributed by atoms with van der Waals surface area (Å²) in [6, 6.07) is 55.2. The molecule has 3 aromatic heterocycles. The van der Waals surface area contributed by atoms with Crippen molar-refractivity contribution in [3.8, 4) is 28.6 Å². The fourth-order valence-electron chi connectivity index (χ4n) is 7.60. The predicted octanol–water partition coefficient (Wildman–Crippen LogP) is 11.3. The minimum Gasteiger partial charge on any atom is -0.456 e. The Labute approximate surface area is 269 Å². The van der Waals surface area contributed by atoms with Gasteiger partial charge in [0.15, 0.2) is 0 Å². The molecule has 0 aliphatic rings. The third kappa shape index (κ3) is 3.57. The average Bonchev–Trinajstić information content (AvgIpc) is 3.79. The fourth-order valence-corrected chi connectivity index (χ4v) is 7.60. The quantitative estimate of drug-likeness (QED) is 0.203. The van der Waals surface area contributed by atoms with Gasteiger partial charge in [-0.2, -0.15) is 5.26 Å². The van der Waals surface area contributed by atoms with Gasteiger partial charge in [0, 0.05) is 32.5 Å². The van der Waals surface area contributed by atoms with Crippen LogP contribution in [0.5, 0.6) is 0 Å². The third-order valence-corrected chi connectivity index (χ3v) is 9.57. The lowest BCUT2D eigenvalue weighted by atomic mass is 10.00. The number of aromatic nitrogens is 2. The summed E-state index contributed by atoms with van der Waals surface area (Å²) in [7, 11) is 0. The molecule has 3 heterocycles. The average molecular weight is 600 g/mol. The highest BCUT2D eigenvalue weighted by Gasteiger charge is 2.21. The van der Waals surface area contributed by atoms with Crippen molar-refractivity contribution in [1.82, 2.24) is 9.13 Å². The zero-order chi connectivity index (χ0) is 31.1. The molecule has 0 N–H and O–H groups in total. The van der Waals surface area contributed by atoms with E-state index in [9.17, 15) is 5.26 Å². The lowest BCUT2D eigenvalue weighted by Gasteiger charge is -2.16. The molecule has 0 aliphatic carbocycles. The van der Waals surface area contributed by atoms with Gasteiger partial charge in [0.25, 0.3) is 0 Å². The van der Waals surface area contributed by atoms with Crippen molar-refractivity contribution in [2.24, 2.45) is 0 Å². The van der Waals surface area contributed by atoms with Crippen molar-refractivity contribution in [3.05, 3.63) is 157 Å². The Morgan fingerprint density at radius 3 is 1.79 bits per heavy atom. The molecular formula is C43H25N3O. The molecule has 4 nitrogen and oxygen atoms in total. The van der Waals surface area contributed by atoms with E-state index in [1.807, 2.05) is 24.3 Å². The summed E-state index contributed by atoms with van der Waals surface area (Å²) < 4.78 is 10.9. The number of hydrogen-bond donors (Lipinski definition) is 0. The van der Waals surface area contributed by atoms with Gasteiger partial charge in [0.05, 0.1) is 44.4 Å². The van der Waals surface area contributed by atoms with Crippen molar-refractivity contribution in [3.63, 3.8) is 0 Å². The highest BCUT2D eigenvalue weighted by atomic mass is 16.3. The first-order valence-corrected chi connectivity index (χ1v) is 15.8. The molecule has 218 valence electrons. The number of hydrogen-bond acceptors (Lipinski definition) is 2. The fraction of sp³-hybridized carbons (Fsp3) is 0. The number of benzene rings is 7. The van der Waals surface area contributed by atoms with Crippen LogP contribution in [-0.4, -0.2) is 9.13 Å². The summed E-state index contributed by atoms with van der Waals surface area (Å²) in [5.74, 6) is 0. The summed E-state index contributed by atoms with van der Waals surface area (Å²) >= 11 is 0. The first-order chi connectivity index (χ1) is 23.3. The molecule has 4 heteroatoms. The highest BCUT2D eigenvalue weighted by Crippen LogP contribution is 2.42. The topological polar surface area (TPSA) is 46.8 Å². The Kier molecular flexibility index (Phi) is 5.32. The summed E-state index contributed by atoms with van der Waals surface area (Å²) in [5, 5.41) is 17.5. The van der Waals surface area contributed by atoms with E-state index in [-0.39, 0.29) is 0 Å². The van der Waals surface area contributed by atoms with Crippen molar-refractivity contribution >= 4 is 65.6 Å². The number of nitriles is 1. The Balaban J connectivity index is 1.25. The minimum absolute atomic E-state index is 0.604. The third-order valence-electron chi connectivity index (χ3n) is 9.57. The number of nitrogens with zero attached hydrogens (tertiary/aromatic N) is 3.